The van der Waals surface area contributed by atoms with Gasteiger partial charge < -0.3 is 5.32 Å². The molecule has 1 aromatic carbocycles. The molecule has 0 fully saturated rings. The quantitative estimate of drug-likeness (QED) is 0.652. The van der Waals surface area contributed by atoms with E-state index in [9.17, 15) is 0 Å². The lowest BCUT2D eigenvalue weighted by molar-refractivity contribution is 0.253. The topological polar surface area (TPSA) is 41.1 Å². The Hall–Kier alpha value is -1.65. The molecule has 0 saturated carbocycles. The van der Waals surface area contributed by atoms with Gasteiger partial charge in [0, 0.05) is 31.7 Å². The number of aryl methyl sites for hydroxylation is 1. The third kappa shape index (κ3) is 3.96. The Morgan fingerprint density at radius 3 is 2.80 bits per heavy atom. The van der Waals surface area contributed by atoms with Gasteiger partial charge in [0.1, 0.15) is 5.15 Å². The molecule has 132 valence electrons. The Labute approximate surface area is 154 Å². The number of hydrogen-bond donors (Lipinski definition) is 1. The largest absolute Gasteiger partial charge is 0.354 e. The molecule has 0 bridgehead atoms. The number of halogens is 1. The number of rotatable bonds is 5. The van der Waals surface area contributed by atoms with Crippen LogP contribution in [0.2, 0.25) is 5.15 Å². The molecule has 0 atom stereocenters. The number of aromatic nitrogens is 2. The first-order chi connectivity index (χ1) is 12.3. The highest BCUT2D eigenvalue weighted by Crippen LogP contribution is 2.26. The van der Waals surface area contributed by atoms with Crippen LogP contribution in [0.15, 0.2) is 24.3 Å². The van der Waals surface area contributed by atoms with Crippen molar-refractivity contribution < 1.29 is 0 Å². The number of nitrogens with zero attached hydrogens (tertiary/aromatic N) is 3. The SMILES string of the molecule is Clc1nc(NCCCN2CCc3ccccc3C2)nc2c1CCCC2. The van der Waals surface area contributed by atoms with Gasteiger partial charge in [-0.25, -0.2) is 9.97 Å². The minimum absolute atomic E-state index is 0.639. The molecule has 0 amide bonds. The van der Waals surface area contributed by atoms with Crippen LogP contribution in [0.25, 0.3) is 0 Å². The molecule has 1 aliphatic heterocycles. The Morgan fingerprint density at radius 1 is 1.04 bits per heavy atom. The fraction of sp³-hybridized carbons (Fsp3) is 0.500. The summed E-state index contributed by atoms with van der Waals surface area (Å²) in [7, 11) is 0. The van der Waals surface area contributed by atoms with Gasteiger partial charge >= 0.3 is 0 Å². The fourth-order valence-corrected chi connectivity index (χ4v) is 4.16. The first kappa shape index (κ1) is 16.8. The Balaban J connectivity index is 1.27. The molecule has 25 heavy (non-hydrogen) atoms. The molecule has 0 unspecified atom stereocenters. The van der Waals surface area contributed by atoms with Crippen LogP contribution in [-0.4, -0.2) is 34.5 Å². The van der Waals surface area contributed by atoms with E-state index in [-0.39, 0.29) is 0 Å². The molecule has 1 N–H and O–H groups in total. The van der Waals surface area contributed by atoms with Gasteiger partial charge in [0.05, 0.1) is 5.69 Å². The lowest BCUT2D eigenvalue weighted by Crippen LogP contribution is -2.32. The highest BCUT2D eigenvalue weighted by molar-refractivity contribution is 6.30. The second-order valence-electron chi connectivity index (χ2n) is 7.05. The molecule has 2 heterocycles. The van der Waals surface area contributed by atoms with Crippen LogP contribution in [0.4, 0.5) is 5.95 Å². The zero-order valence-electron chi connectivity index (χ0n) is 14.6. The van der Waals surface area contributed by atoms with E-state index < -0.39 is 0 Å². The molecular weight excluding hydrogens is 332 g/mol. The summed E-state index contributed by atoms with van der Waals surface area (Å²) in [5.41, 5.74) is 5.28. The van der Waals surface area contributed by atoms with Crippen LogP contribution < -0.4 is 5.32 Å². The second kappa shape index (κ2) is 7.71. The first-order valence-electron chi connectivity index (χ1n) is 9.38. The average Bonchev–Trinajstić information content (AvgIpc) is 2.65. The van der Waals surface area contributed by atoms with Crippen LogP contribution in [-0.2, 0) is 25.8 Å². The molecule has 1 aliphatic carbocycles. The van der Waals surface area contributed by atoms with Gasteiger partial charge in [-0.15, -0.1) is 0 Å². The normalized spacial score (nSPS) is 17.0. The molecule has 4 nitrogen and oxygen atoms in total. The molecule has 0 saturated heterocycles. The van der Waals surface area contributed by atoms with E-state index in [1.165, 1.54) is 24.0 Å². The van der Waals surface area contributed by atoms with Gasteiger partial charge in [0.15, 0.2) is 0 Å². The standard InChI is InChI=1S/C20H25ClN4/c21-19-17-8-3-4-9-18(17)23-20(24-19)22-11-5-12-25-13-10-15-6-1-2-7-16(15)14-25/h1-2,6-7H,3-5,8-14H2,(H,22,23,24). The highest BCUT2D eigenvalue weighted by atomic mass is 35.5. The van der Waals surface area contributed by atoms with E-state index >= 15 is 0 Å². The van der Waals surface area contributed by atoms with Crippen molar-refractivity contribution in [2.75, 3.05) is 25.0 Å². The predicted molar refractivity (Wildman–Crippen MR) is 102 cm³/mol. The number of benzene rings is 1. The van der Waals surface area contributed by atoms with E-state index in [0.29, 0.717) is 11.1 Å². The van der Waals surface area contributed by atoms with Crippen molar-refractivity contribution in [1.82, 2.24) is 14.9 Å². The molecule has 4 rings (SSSR count). The van der Waals surface area contributed by atoms with Gasteiger partial charge in [-0.3, -0.25) is 4.90 Å². The molecule has 2 aromatic rings. The molecule has 1 aromatic heterocycles. The number of anilines is 1. The smallest absolute Gasteiger partial charge is 0.224 e. The van der Waals surface area contributed by atoms with Gasteiger partial charge in [-0.05, 0) is 49.7 Å². The second-order valence-corrected chi connectivity index (χ2v) is 7.40. The predicted octanol–water partition coefficient (Wildman–Crippen LogP) is 3.87. The molecular formula is C20H25ClN4. The van der Waals surface area contributed by atoms with Crippen LogP contribution >= 0.6 is 11.6 Å². The van der Waals surface area contributed by atoms with Crippen molar-refractivity contribution in [2.45, 2.75) is 45.1 Å². The van der Waals surface area contributed by atoms with Crippen LogP contribution in [0.1, 0.15) is 41.6 Å². The number of nitrogens with one attached hydrogen (secondary N) is 1. The zero-order valence-corrected chi connectivity index (χ0v) is 15.4. The lowest BCUT2D eigenvalue weighted by Gasteiger charge is -2.28. The third-order valence-electron chi connectivity index (χ3n) is 5.28. The summed E-state index contributed by atoms with van der Waals surface area (Å²) in [6, 6.07) is 8.79. The summed E-state index contributed by atoms with van der Waals surface area (Å²) >= 11 is 6.33. The molecule has 5 heteroatoms. The average molecular weight is 357 g/mol. The van der Waals surface area contributed by atoms with Crippen molar-refractivity contribution in [1.29, 1.82) is 0 Å². The van der Waals surface area contributed by atoms with Gasteiger partial charge in [-0.1, -0.05) is 35.9 Å². The van der Waals surface area contributed by atoms with Crippen LogP contribution in [0.3, 0.4) is 0 Å². The molecule has 0 radical (unpaired) electrons. The van der Waals surface area contributed by atoms with Crippen molar-refractivity contribution in [3.63, 3.8) is 0 Å². The maximum absolute atomic E-state index is 6.33. The Kier molecular flexibility index (Phi) is 5.18. The molecule has 0 spiro atoms. The van der Waals surface area contributed by atoms with Crippen molar-refractivity contribution in [3.8, 4) is 0 Å². The Bertz CT molecular complexity index is 746. The van der Waals surface area contributed by atoms with E-state index in [1.54, 1.807) is 0 Å². The summed E-state index contributed by atoms with van der Waals surface area (Å²) in [6.07, 6.45) is 6.69. The number of hydrogen-bond acceptors (Lipinski definition) is 4. The molecule has 2 aliphatic rings. The van der Waals surface area contributed by atoms with Crippen LogP contribution in [0, 0.1) is 0 Å². The van der Waals surface area contributed by atoms with E-state index in [2.05, 4.69) is 44.5 Å². The highest BCUT2D eigenvalue weighted by Gasteiger charge is 2.17. The lowest BCUT2D eigenvalue weighted by atomic mass is 9.97. The van der Waals surface area contributed by atoms with E-state index in [1.807, 2.05) is 0 Å². The third-order valence-corrected chi connectivity index (χ3v) is 5.59. The first-order valence-corrected chi connectivity index (χ1v) is 9.76. The minimum Gasteiger partial charge on any atom is -0.354 e. The van der Waals surface area contributed by atoms with Gasteiger partial charge in [0.25, 0.3) is 0 Å². The van der Waals surface area contributed by atoms with Crippen molar-refractivity contribution in [3.05, 3.63) is 51.8 Å². The number of fused-ring (bicyclic) bond motifs is 2. The van der Waals surface area contributed by atoms with Crippen LogP contribution in [0.5, 0.6) is 0 Å². The van der Waals surface area contributed by atoms with Crippen molar-refractivity contribution in [2.24, 2.45) is 0 Å². The van der Waals surface area contributed by atoms with Crippen molar-refractivity contribution >= 4 is 17.5 Å². The summed E-state index contributed by atoms with van der Waals surface area (Å²) in [4.78, 5) is 11.6. The summed E-state index contributed by atoms with van der Waals surface area (Å²) < 4.78 is 0. The maximum Gasteiger partial charge on any atom is 0.224 e. The summed E-state index contributed by atoms with van der Waals surface area (Å²) in [5, 5.41) is 4.00. The fourth-order valence-electron chi connectivity index (χ4n) is 3.88. The Morgan fingerprint density at radius 2 is 1.88 bits per heavy atom. The monoisotopic (exact) mass is 356 g/mol. The summed E-state index contributed by atoms with van der Waals surface area (Å²) in [5.74, 6) is 0.689. The minimum atomic E-state index is 0.639. The maximum atomic E-state index is 6.33. The van der Waals surface area contributed by atoms with E-state index in [4.69, 9.17) is 11.6 Å². The summed E-state index contributed by atoms with van der Waals surface area (Å²) in [6.45, 7) is 4.20. The van der Waals surface area contributed by atoms with Gasteiger partial charge in [0.2, 0.25) is 5.95 Å². The zero-order chi connectivity index (χ0) is 17.1. The van der Waals surface area contributed by atoms with E-state index in [0.717, 1.165) is 63.1 Å². The van der Waals surface area contributed by atoms with Gasteiger partial charge in [-0.2, -0.15) is 0 Å².